The van der Waals surface area contributed by atoms with Gasteiger partial charge in [0, 0.05) is 18.7 Å². The molecule has 0 radical (unpaired) electrons. The summed E-state index contributed by atoms with van der Waals surface area (Å²) in [7, 11) is 1.58. The van der Waals surface area contributed by atoms with Crippen LogP contribution in [0.3, 0.4) is 0 Å². The fraction of sp³-hybridized carbons (Fsp3) is 0.105. The number of aromatic nitrogens is 2. The zero-order chi connectivity index (χ0) is 17.6. The first-order valence-electron chi connectivity index (χ1n) is 7.59. The van der Waals surface area contributed by atoms with Crippen LogP contribution in [0.4, 0.5) is 0 Å². The average molecular weight is 336 g/mol. The number of benzene rings is 2. The Hall–Kier alpha value is -3.25. The summed E-state index contributed by atoms with van der Waals surface area (Å²) in [5, 5.41) is 9.08. The number of ether oxygens (including phenoxy) is 2. The van der Waals surface area contributed by atoms with Gasteiger partial charge in [-0.1, -0.05) is 36.4 Å². The molecule has 0 bridgehead atoms. The molecule has 3 aromatic rings. The molecule has 0 spiro atoms. The molecule has 0 amide bonds. The van der Waals surface area contributed by atoms with Crippen molar-refractivity contribution < 1.29 is 19.4 Å². The zero-order valence-corrected chi connectivity index (χ0v) is 13.5. The number of carboxylic acid groups (broad SMARTS) is 1. The lowest BCUT2D eigenvalue weighted by atomic mass is 10.2. The molecule has 0 atom stereocenters. The first kappa shape index (κ1) is 16.6. The number of methoxy groups -OCH3 is 1. The largest absolute Gasteiger partial charge is 0.478 e. The maximum Gasteiger partial charge on any atom is 0.335 e. The minimum atomic E-state index is -1.02. The molecule has 1 aromatic heterocycles. The van der Waals surface area contributed by atoms with Gasteiger partial charge in [0.25, 0.3) is 0 Å². The van der Waals surface area contributed by atoms with E-state index in [-0.39, 0.29) is 5.56 Å². The first-order chi connectivity index (χ1) is 12.2. The third kappa shape index (κ3) is 4.19. The molecular formula is C19H16N2O4. The molecule has 25 heavy (non-hydrogen) atoms. The van der Waals surface area contributed by atoms with Crippen LogP contribution >= 0.6 is 0 Å². The molecule has 0 unspecified atom stereocenters. The third-order valence-electron chi connectivity index (χ3n) is 3.38. The van der Waals surface area contributed by atoms with E-state index in [2.05, 4.69) is 9.97 Å². The molecule has 0 aliphatic heterocycles. The quantitative estimate of drug-likeness (QED) is 0.738. The maximum atomic E-state index is 11.1. The molecule has 3 rings (SSSR count). The van der Waals surface area contributed by atoms with E-state index in [1.54, 1.807) is 25.3 Å². The second kappa shape index (κ2) is 7.55. The van der Waals surface area contributed by atoms with Gasteiger partial charge in [0.05, 0.1) is 17.9 Å². The monoisotopic (exact) mass is 336 g/mol. The van der Waals surface area contributed by atoms with E-state index in [1.165, 1.54) is 12.1 Å². The van der Waals surface area contributed by atoms with Crippen molar-refractivity contribution in [2.45, 2.75) is 6.61 Å². The van der Waals surface area contributed by atoms with Gasteiger partial charge < -0.3 is 14.6 Å². The maximum absolute atomic E-state index is 11.1. The number of aromatic carboxylic acids is 1. The Morgan fingerprint density at radius 2 is 1.84 bits per heavy atom. The van der Waals surface area contributed by atoms with E-state index in [1.807, 2.05) is 30.3 Å². The number of hydrogen-bond acceptors (Lipinski definition) is 5. The normalized spacial score (nSPS) is 10.4. The first-order valence-corrected chi connectivity index (χ1v) is 7.59. The van der Waals surface area contributed by atoms with Crippen molar-refractivity contribution in [3.8, 4) is 23.0 Å². The molecule has 6 heteroatoms. The van der Waals surface area contributed by atoms with Crippen molar-refractivity contribution in [2.75, 3.05) is 7.11 Å². The van der Waals surface area contributed by atoms with Crippen LogP contribution in [0.15, 0.2) is 60.7 Å². The Morgan fingerprint density at radius 1 is 1.04 bits per heavy atom. The summed E-state index contributed by atoms with van der Waals surface area (Å²) >= 11 is 0. The zero-order valence-electron chi connectivity index (χ0n) is 13.5. The van der Waals surface area contributed by atoms with Crippen LogP contribution in [0, 0.1) is 0 Å². The van der Waals surface area contributed by atoms with E-state index in [9.17, 15) is 4.79 Å². The van der Waals surface area contributed by atoms with Crippen LogP contribution in [-0.2, 0) is 11.3 Å². The van der Waals surface area contributed by atoms with E-state index >= 15 is 0 Å². The van der Waals surface area contributed by atoms with Gasteiger partial charge in [-0.05, 0) is 18.2 Å². The summed E-state index contributed by atoms with van der Waals surface area (Å²) in [4.78, 5) is 20.0. The lowest BCUT2D eigenvalue weighted by molar-refractivity contribution is 0.0696. The van der Waals surface area contributed by atoms with Crippen LogP contribution in [0.1, 0.15) is 16.1 Å². The Balaban J connectivity index is 1.96. The Kier molecular flexibility index (Phi) is 5.01. The second-order valence-corrected chi connectivity index (χ2v) is 5.26. The summed E-state index contributed by atoms with van der Waals surface area (Å²) in [5.74, 6) is 0.210. The minimum absolute atomic E-state index is 0.145. The molecule has 126 valence electrons. The molecule has 0 aliphatic rings. The predicted molar refractivity (Wildman–Crippen MR) is 91.7 cm³/mol. The van der Waals surface area contributed by atoms with Gasteiger partial charge in [0.15, 0.2) is 5.82 Å². The highest BCUT2D eigenvalue weighted by molar-refractivity contribution is 5.88. The highest BCUT2D eigenvalue weighted by atomic mass is 16.5. The van der Waals surface area contributed by atoms with Crippen LogP contribution in [0.2, 0.25) is 0 Å². The number of carbonyl (C=O) groups is 1. The molecule has 1 N–H and O–H groups in total. The van der Waals surface area contributed by atoms with Gasteiger partial charge >= 0.3 is 5.97 Å². The minimum Gasteiger partial charge on any atom is -0.478 e. The van der Waals surface area contributed by atoms with E-state index < -0.39 is 5.97 Å². The van der Waals surface area contributed by atoms with Gasteiger partial charge in [-0.15, -0.1) is 0 Å². The van der Waals surface area contributed by atoms with Gasteiger partial charge in [0.1, 0.15) is 5.75 Å². The van der Waals surface area contributed by atoms with Gasteiger partial charge in [-0.25, -0.2) is 9.78 Å². The average Bonchev–Trinajstić information content (AvgIpc) is 2.63. The molecule has 0 saturated heterocycles. The highest BCUT2D eigenvalue weighted by Crippen LogP contribution is 2.24. The summed E-state index contributed by atoms with van der Waals surface area (Å²) in [6.45, 7) is 0.313. The number of hydrogen-bond donors (Lipinski definition) is 1. The Morgan fingerprint density at radius 3 is 2.56 bits per heavy atom. The van der Waals surface area contributed by atoms with Crippen molar-refractivity contribution in [3.63, 3.8) is 0 Å². The molecule has 6 nitrogen and oxygen atoms in total. The fourth-order valence-corrected chi connectivity index (χ4v) is 2.28. The molecular weight excluding hydrogens is 320 g/mol. The van der Waals surface area contributed by atoms with E-state index in [4.69, 9.17) is 14.6 Å². The Labute approximate surface area is 144 Å². The summed E-state index contributed by atoms with van der Waals surface area (Å²) in [5.41, 5.74) is 1.66. The molecule has 1 heterocycles. The van der Waals surface area contributed by atoms with Crippen molar-refractivity contribution in [1.29, 1.82) is 0 Å². The molecule has 0 fully saturated rings. The fourth-order valence-electron chi connectivity index (χ4n) is 2.28. The van der Waals surface area contributed by atoms with Gasteiger partial charge in [-0.2, -0.15) is 4.98 Å². The van der Waals surface area contributed by atoms with Gasteiger partial charge in [-0.3, -0.25) is 0 Å². The molecule has 2 aromatic carbocycles. The van der Waals surface area contributed by atoms with Crippen LogP contribution in [0.5, 0.6) is 11.6 Å². The topological polar surface area (TPSA) is 81.5 Å². The summed E-state index contributed by atoms with van der Waals surface area (Å²) in [6, 6.07) is 17.4. The summed E-state index contributed by atoms with van der Waals surface area (Å²) < 4.78 is 10.9. The number of nitrogens with zero attached hydrogens (tertiary/aromatic N) is 2. The van der Waals surface area contributed by atoms with Crippen molar-refractivity contribution in [1.82, 2.24) is 9.97 Å². The van der Waals surface area contributed by atoms with E-state index in [0.717, 1.165) is 5.56 Å². The third-order valence-corrected chi connectivity index (χ3v) is 3.38. The van der Waals surface area contributed by atoms with Gasteiger partial charge in [0.2, 0.25) is 5.88 Å². The highest BCUT2D eigenvalue weighted by Gasteiger charge is 2.10. The lowest BCUT2D eigenvalue weighted by Crippen LogP contribution is -2.01. The van der Waals surface area contributed by atoms with Crippen LogP contribution in [-0.4, -0.2) is 28.2 Å². The SMILES string of the molecule is COCc1cc(Oc2cccc(C(=O)O)c2)nc(-c2ccccc2)n1. The number of rotatable bonds is 6. The van der Waals surface area contributed by atoms with Crippen LogP contribution < -0.4 is 4.74 Å². The number of carboxylic acids is 1. The van der Waals surface area contributed by atoms with Crippen molar-refractivity contribution >= 4 is 5.97 Å². The Bertz CT molecular complexity index is 882. The summed E-state index contributed by atoms with van der Waals surface area (Å²) in [6.07, 6.45) is 0. The molecule has 0 saturated carbocycles. The molecule has 0 aliphatic carbocycles. The lowest BCUT2D eigenvalue weighted by Gasteiger charge is -2.09. The van der Waals surface area contributed by atoms with Crippen molar-refractivity contribution in [2.24, 2.45) is 0 Å². The smallest absolute Gasteiger partial charge is 0.335 e. The van der Waals surface area contributed by atoms with Crippen molar-refractivity contribution in [3.05, 3.63) is 71.9 Å². The second-order valence-electron chi connectivity index (χ2n) is 5.26. The predicted octanol–water partition coefficient (Wildman–Crippen LogP) is 3.78. The standard InChI is InChI=1S/C19H16N2O4/c1-24-12-15-11-17(21-18(20-15)13-6-3-2-4-7-13)25-16-9-5-8-14(10-16)19(22)23/h2-11H,12H2,1H3,(H,22,23). The van der Waals surface area contributed by atoms with E-state index in [0.29, 0.717) is 29.8 Å². The van der Waals surface area contributed by atoms with Crippen LogP contribution in [0.25, 0.3) is 11.4 Å².